The van der Waals surface area contributed by atoms with E-state index in [4.69, 9.17) is 17.5 Å². The first-order valence-corrected chi connectivity index (χ1v) is 12.2. The van der Waals surface area contributed by atoms with E-state index in [1.54, 1.807) is 0 Å². The van der Waals surface area contributed by atoms with Crippen molar-refractivity contribution in [2.75, 3.05) is 52.4 Å². The smallest absolute Gasteiger partial charge is 0.0783 e. The monoisotopic (exact) mass is 412 g/mol. The van der Waals surface area contributed by atoms with Gasteiger partial charge < -0.3 is 18.1 Å². The second-order valence-electron chi connectivity index (χ2n) is 7.25. The second kappa shape index (κ2) is 17.9. The molecule has 0 bridgehead atoms. The number of rotatable bonds is 12. The van der Waals surface area contributed by atoms with Crippen LogP contribution in [0.15, 0.2) is 0 Å². The molecule has 6 nitrogen and oxygen atoms in total. The average Bonchev–Trinajstić information content (AvgIpc) is 2.60. The van der Waals surface area contributed by atoms with Crippen molar-refractivity contribution in [2.45, 2.75) is 81.1 Å². The van der Waals surface area contributed by atoms with Crippen LogP contribution in [-0.4, -0.2) is 78.8 Å². The summed E-state index contributed by atoms with van der Waals surface area (Å²) in [7, 11) is -5.17. The van der Waals surface area contributed by atoms with E-state index in [0.29, 0.717) is 0 Å². The highest BCUT2D eigenvalue weighted by atomic mass is 32.3. The SMILES string of the molecule is CCC[N+](CC)(CC)CCC.CCC[N+](CC)(CC)CCC.O=S(=O)([O-])[O-]. The van der Waals surface area contributed by atoms with Crippen LogP contribution < -0.4 is 0 Å². The normalized spacial score (nSPS) is 11.9. The molecule has 27 heavy (non-hydrogen) atoms. The van der Waals surface area contributed by atoms with Crippen molar-refractivity contribution >= 4 is 10.4 Å². The molecule has 7 heteroatoms. The van der Waals surface area contributed by atoms with E-state index in [1.165, 1.54) is 87.0 Å². The molecule has 168 valence electrons. The molecule has 0 saturated heterocycles. The Bertz CT molecular complexity index is 358. The second-order valence-corrected chi connectivity index (χ2v) is 8.07. The standard InChI is InChI=1S/2C10H24N.H2O4S/c2*1-5-9-11(7-3,8-4)10-6-2;1-5(2,3)4/h2*5-10H2,1-4H3;(H2,1,2,3,4)/q2*+1;/p-2. The Hall–Kier alpha value is -0.210. The summed E-state index contributed by atoms with van der Waals surface area (Å²) in [6, 6.07) is 0. The highest BCUT2D eigenvalue weighted by Gasteiger charge is 2.20. The first-order valence-electron chi connectivity index (χ1n) is 10.9. The summed E-state index contributed by atoms with van der Waals surface area (Å²) >= 11 is 0. The van der Waals surface area contributed by atoms with Gasteiger partial charge in [0.05, 0.1) is 52.4 Å². The van der Waals surface area contributed by atoms with E-state index in [1.807, 2.05) is 0 Å². The van der Waals surface area contributed by atoms with Gasteiger partial charge in [0.2, 0.25) is 0 Å². The number of hydrogen-bond acceptors (Lipinski definition) is 4. The van der Waals surface area contributed by atoms with E-state index >= 15 is 0 Å². The maximum absolute atomic E-state index is 8.52. The van der Waals surface area contributed by atoms with Gasteiger partial charge in [0, 0.05) is 10.4 Å². The molecule has 0 atom stereocenters. The third kappa shape index (κ3) is 18.9. The Morgan fingerprint density at radius 2 is 0.667 bits per heavy atom. The summed E-state index contributed by atoms with van der Waals surface area (Å²) in [5.74, 6) is 0. The van der Waals surface area contributed by atoms with Crippen LogP contribution in [0.4, 0.5) is 0 Å². The van der Waals surface area contributed by atoms with Gasteiger partial charge in [-0.05, 0) is 53.4 Å². The summed E-state index contributed by atoms with van der Waals surface area (Å²) in [4.78, 5) is 0. The number of quaternary nitrogens is 2. The molecule has 0 amide bonds. The van der Waals surface area contributed by atoms with E-state index in [-0.39, 0.29) is 0 Å². The Balaban J connectivity index is -0.000000344. The molecule has 0 saturated carbocycles. The highest BCUT2D eigenvalue weighted by molar-refractivity contribution is 7.79. The Morgan fingerprint density at radius 3 is 0.741 bits per heavy atom. The Kier molecular flexibility index (Phi) is 20.8. The van der Waals surface area contributed by atoms with Gasteiger partial charge >= 0.3 is 0 Å². The minimum atomic E-state index is -5.17. The van der Waals surface area contributed by atoms with Crippen molar-refractivity contribution in [2.24, 2.45) is 0 Å². The average molecular weight is 413 g/mol. The molecular weight excluding hydrogens is 364 g/mol. The fourth-order valence-electron chi connectivity index (χ4n) is 3.83. The molecule has 0 aliphatic heterocycles. The van der Waals surface area contributed by atoms with Crippen molar-refractivity contribution in [1.82, 2.24) is 0 Å². The molecule has 0 spiro atoms. The molecule has 0 rings (SSSR count). The number of hydrogen-bond donors (Lipinski definition) is 0. The number of nitrogens with zero attached hydrogens (tertiary/aromatic N) is 2. The topological polar surface area (TPSA) is 80.3 Å². The van der Waals surface area contributed by atoms with E-state index in [0.717, 1.165) is 0 Å². The van der Waals surface area contributed by atoms with Crippen LogP contribution in [-0.2, 0) is 10.4 Å². The lowest BCUT2D eigenvalue weighted by atomic mass is 10.2. The molecule has 0 aliphatic rings. The van der Waals surface area contributed by atoms with Crippen LogP contribution >= 0.6 is 0 Å². The highest BCUT2D eigenvalue weighted by Crippen LogP contribution is 2.09. The summed E-state index contributed by atoms with van der Waals surface area (Å²) in [5, 5.41) is 0. The third-order valence-electron chi connectivity index (χ3n) is 5.48. The van der Waals surface area contributed by atoms with Gasteiger partial charge in [-0.3, -0.25) is 8.42 Å². The maximum Gasteiger partial charge on any atom is 0.0783 e. The van der Waals surface area contributed by atoms with Gasteiger partial charge in [-0.25, -0.2) is 0 Å². The fraction of sp³-hybridized carbons (Fsp3) is 1.00. The quantitative estimate of drug-likeness (QED) is 0.276. The molecule has 0 aromatic heterocycles. The maximum atomic E-state index is 8.52. The fourth-order valence-corrected chi connectivity index (χ4v) is 3.83. The zero-order valence-electron chi connectivity index (χ0n) is 19.4. The summed E-state index contributed by atoms with van der Waals surface area (Å²) in [6.45, 7) is 29.1. The lowest BCUT2D eigenvalue weighted by Crippen LogP contribution is -2.48. The van der Waals surface area contributed by atoms with Crippen molar-refractivity contribution < 1.29 is 26.5 Å². The van der Waals surface area contributed by atoms with Gasteiger partial charge in [0.15, 0.2) is 0 Å². The van der Waals surface area contributed by atoms with Crippen LogP contribution in [0.2, 0.25) is 0 Å². The van der Waals surface area contributed by atoms with Crippen molar-refractivity contribution in [3.05, 3.63) is 0 Å². The van der Waals surface area contributed by atoms with Crippen molar-refractivity contribution in [1.29, 1.82) is 0 Å². The van der Waals surface area contributed by atoms with E-state index < -0.39 is 10.4 Å². The van der Waals surface area contributed by atoms with Crippen LogP contribution in [0.3, 0.4) is 0 Å². The summed E-state index contributed by atoms with van der Waals surface area (Å²) in [6.07, 6.45) is 5.28. The third-order valence-corrected chi connectivity index (χ3v) is 5.48. The van der Waals surface area contributed by atoms with Gasteiger partial charge in [0.1, 0.15) is 0 Å². The Labute approximate surface area is 170 Å². The molecule has 0 aromatic rings. The molecule has 0 N–H and O–H groups in total. The van der Waals surface area contributed by atoms with Crippen LogP contribution in [0.5, 0.6) is 0 Å². The molecular formula is C20H48N2O4S. The zero-order chi connectivity index (χ0) is 22.0. The van der Waals surface area contributed by atoms with Crippen molar-refractivity contribution in [3.8, 4) is 0 Å². The lowest BCUT2D eigenvalue weighted by Gasteiger charge is -2.36. The van der Waals surface area contributed by atoms with Gasteiger partial charge in [-0.15, -0.1) is 0 Å². The van der Waals surface area contributed by atoms with E-state index in [2.05, 4.69) is 55.4 Å². The van der Waals surface area contributed by atoms with Crippen LogP contribution in [0.1, 0.15) is 81.1 Å². The van der Waals surface area contributed by atoms with Crippen LogP contribution in [0.25, 0.3) is 0 Å². The Morgan fingerprint density at radius 1 is 0.519 bits per heavy atom. The molecule has 0 heterocycles. The predicted octanol–water partition coefficient (Wildman–Crippen LogP) is 3.99. The molecule has 0 fully saturated rings. The van der Waals surface area contributed by atoms with E-state index in [9.17, 15) is 0 Å². The van der Waals surface area contributed by atoms with Crippen LogP contribution in [0, 0.1) is 0 Å². The van der Waals surface area contributed by atoms with Gasteiger partial charge in [-0.1, -0.05) is 27.7 Å². The minimum absolute atomic E-state index is 1.30. The minimum Gasteiger partial charge on any atom is -0.759 e. The zero-order valence-corrected chi connectivity index (χ0v) is 20.2. The molecule has 0 aromatic carbocycles. The molecule has 0 unspecified atom stereocenters. The van der Waals surface area contributed by atoms with Crippen molar-refractivity contribution in [3.63, 3.8) is 0 Å². The predicted molar refractivity (Wildman–Crippen MR) is 114 cm³/mol. The first-order chi connectivity index (χ1) is 12.5. The van der Waals surface area contributed by atoms with Gasteiger partial charge in [0.25, 0.3) is 0 Å². The summed E-state index contributed by atoms with van der Waals surface area (Å²) < 4.78 is 36.7. The summed E-state index contributed by atoms with van der Waals surface area (Å²) in [5.41, 5.74) is 0. The first kappa shape index (κ1) is 31.5. The molecule has 0 aliphatic carbocycles. The van der Waals surface area contributed by atoms with Gasteiger partial charge in [-0.2, -0.15) is 0 Å². The molecule has 0 radical (unpaired) electrons. The lowest BCUT2D eigenvalue weighted by molar-refractivity contribution is -0.925. The largest absolute Gasteiger partial charge is 0.759 e.